The Kier molecular flexibility index (Phi) is 6.15. The predicted octanol–water partition coefficient (Wildman–Crippen LogP) is 3.23. The molecular formula is C19H23NO3. The molecule has 4 nitrogen and oxygen atoms in total. The van der Waals surface area contributed by atoms with Crippen molar-refractivity contribution in [3.8, 4) is 0 Å². The highest BCUT2D eigenvalue weighted by molar-refractivity contribution is 5.89. The fourth-order valence-electron chi connectivity index (χ4n) is 2.62. The molecule has 0 bridgehead atoms. The largest absolute Gasteiger partial charge is 0.455 e. The maximum absolute atomic E-state index is 12.0. The summed E-state index contributed by atoms with van der Waals surface area (Å²) < 4.78 is 5.08. The first kappa shape index (κ1) is 17.0. The molecule has 0 aliphatic heterocycles. The van der Waals surface area contributed by atoms with Crippen LogP contribution in [0.2, 0.25) is 0 Å². The van der Waals surface area contributed by atoms with Gasteiger partial charge in [-0.1, -0.05) is 55.8 Å². The maximum atomic E-state index is 12.0. The fourth-order valence-corrected chi connectivity index (χ4v) is 2.62. The first-order valence-corrected chi connectivity index (χ1v) is 8.01. The normalized spacial score (nSPS) is 11.9. The fraction of sp³-hybridized carbons (Fsp3) is 0.368. The number of fused-ring (bicyclic) bond motifs is 1. The van der Waals surface area contributed by atoms with Gasteiger partial charge in [0.1, 0.15) is 0 Å². The van der Waals surface area contributed by atoms with Crippen LogP contribution in [0.3, 0.4) is 0 Å². The Morgan fingerprint density at radius 2 is 1.87 bits per heavy atom. The van der Waals surface area contributed by atoms with E-state index < -0.39 is 0 Å². The van der Waals surface area contributed by atoms with Gasteiger partial charge in [-0.3, -0.25) is 9.59 Å². The molecule has 4 heteroatoms. The minimum Gasteiger partial charge on any atom is -0.455 e. The zero-order valence-corrected chi connectivity index (χ0v) is 13.7. The SMILES string of the molecule is CCC[C@H](C)NC(=O)COC(=O)Cc1cccc2ccccc12. The van der Waals surface area contributed by atoms with Crippen LogP contribution in [0, 0.1) is 0 Å². The number of ether oxygens (including phenoxy) is 1. The van der Waals surface area contributed by atoms with Crippen molar-refractivity contribution in [3.05, 3.63) is 48.0 Å². The maximum Gasteiger partial charge on any atom is 0.310 e. The number of benzene rings is 2. The number of hydrogen-bond acceptors (Lipinski definition) is 3. The van der Waals surface area contributed by atoms with Crippen molar-refractivity contribution in [1.82, 2.24) is 5.32 Å². The highest BCUT2D eigenvalue weighted by Gasteiger charge is 2.12. The average Bonchev–Trinajstić information content (AvgIpc) is 2.53. The molecule has 1 amide bonds. The topological polar surface area (TPSA) is 55.4 Å². The standard InChI is InChI=1S/C19H23NO3/c1-3-7-14(2)20-18(21)13-23-19(22)12-16-10-6-9-15-8-4-5-11-17(15)16/h4-6,8-11,14H,3,7,12-13H2,1-2H3,(H,20,21)/t14-/m0/s1. The van der Waals surface area contributed by atoms with E-state index in [1.54, 1.807) is 0 Å². The third-order valence-electron chi connectivity index (χ3n) is 3.71. The molecule has 0 saturated carbocycles. The lowest BCUT2D eigenvalue weighted by Crippen LogP contribution is -2.35. The Bertz CT molecular complexity index is 676. The molecule has 2 aromatic carbocycles. The third-order valence-corrected chi connectivity index (χ3v) is 3.71. The van der Waals surface area contributed by atoms with E-state index in [0.717, 1.165) is 29.2 Å². The van der Waals surface area contributed by atoms with E-state index in [2.05, 4.69) is 12.2 Å². The van der Waals surface area contributed by atoms with Crippen LogP contribution in [0.5, 0.6) is 0 Å². The summed E-state index contributed by atoms with van der Waals surface area (Å²) in [6.45, 7) is 3.78. The molecule has 0 radical (unpaired) electrons. The van der Waals surface area contributed by atoms with Crippen LogP contribution in [0.15, 0.2) is 42.5 Å². The molecule has 122 valence electrons. The summed E-state index contributed by atoms with van der Waals surface area (Å²) in [7, 11) is 0. The Morgan fingerprint density at radius 3 is 2.65 bits per heavy atom. The van der Waals surface area contributed by atoms with Crippen LogP contribution in [0.1, 0.15) is 32.3 Å². The number of carbonyl (C=O) groups excluding carboxylic acids is 2. The molecule has 0 spiro atoms. The van der Waals surface area contributed by atoms with Crippen molar-refractivity contribution in [1.29, 1.82) is 0 Å². The first-order valence-electron chi connectivity index (χ1n) is 8.01. The van der Waals surface area contributed by atoms with Gasteiger partial charge in [-0.2, -0.15) is 0 Å². The molecule has 0 unspecified atom stereocenters. The van der Waals surface area contributed by atoms with E-state index in [1.165, 1.54) is 0 Å². The Labute approximate surface area is 136 Å². The van der Waals surface area contributed by atoms with Gasteiger partial charge in [-0.15, -0.1) is 0 Å². The van der Waals surface area contributed by atoms with Crippen molar-refractivity contribution in [2.24, 2.45) is 0 Å². The lowest BCUT2D eigenvalue weighted by atomic mass is 10.0. The summed E-state index contributed by atoms with van der Waals surface area (Å²) >= 11 is 0. The van der Waals surface area contributed by atoms with E-state index in [1.807, 2.05) is 49.4 Å². The van der Waals surface area contributed by atoms with Crippen LogP contribution in [-0.4, -0.2) is 24.5 Å². The third kappa shape index (κ3) is 5.09. The zero-order valence-electron chi connectivity index (χ0n) is 13.7. The van der Waals surface area contributed by atoms with Crippen LogP contribution in [-0.2, 0) is 20.7 Å². The molecule has 0 heterocycles. The van der Waals surface area contributed by atoms with Crippen molar-refractivity contribution in [2.45, 2.75) is 39.2 Å². The lowest BCUT2D eigenvalue weighted by molar-refractivity contribution is -0.148. The molecule has 0 fully saturated rings. The van der Waals surface area contributed by atoms with Gasteiger partial charge in [0.05, 0.1) is 6.42 Å². The quantitative estimate of drug-likeness (QED) is 0.798. The smallest absolute Gasteiger partial charge is 0.310 e. The summed E-state index contributed by atoms with van der Waals surface area (Å²) in [5, 5.41) is 4.94. The second-order valence-corrected chi connectivity index (χ2v) is 5.73. The van der Waals surface area contributed by atoms with Gasteiger partial charge < -0.3 is 10.1 Å². The second-order valence-electron chi connectivity index (χ2n) is 5.73. The van der Waals surface area contributed by atoms with Gasteiger partial charge in [-0.25, -0.2) is 0 Å². The van der Waals surface area contributed by atoms with Crippen LogP contribution in [0.25, 0.3) is 10.8 Å². The molecule has 0 aliphatic rings. The summed E-state index contributed by atoms with van der Waals surface area (Å²) in [6.07, 6.45) is 2.08. The number of nitrogens with one attached hydrogen (secondary N) is 1. The molecular weight excluding hydrogens is 290 g/mol. The number of carbonyl (C=O) groups is 2. The number of amides is 1. The van der Waals surface area contributed by atoms with Crippen LogP contribution >= 0.6 is 0 Å². The van der Waals surface area contributed by atoms with E-state index in [-0.39, 0.29) is 30.9 Å². The highest BCUT2D eigenvalue weighted by atomic mass is 16.5. The first-order chi connectivity index (χ1) is 11.1. The van der Waals surface area contributed by atoms with E-state index in [9.17, 15) is 9.59 Å². The number of rotatable bonds is 7. The summed E-state index contributed by atoms with van der Waals surface area (Å²) in [6, 6.07) is 13.8. The minimum absolute atomic E-state index is 0.101. The van der Waals surface area contributed by atoms with Crippen LogP contribution in [0.4, 0.5) is 0 Å². The van der Waals surface area contributed by atoms with Gasteiger partial charge in [-0.05, 0) is 29.7 Å². The van der Waals surface area contributed by atoms with Gasteiger partial charge in [0.25, 0.3) is 5.91 Å². The molecule has 1 N–H and O–H groups in total. The number of esters is 1. The average molecular weight is 313 g/mol. The van der Waals surface area contributed by atoms with Crippen molar-refractivity contribution in [2.75, 3.05) is 6.61 Å². The molecule has 0 aliphatic carbocycles. The zero-order chi connectivity index (χ0) is 16.7. The van der Waals surface area contributed by atoms with E-state index >= 15 is 0 Å². The van der Waals surface area contributed by atoms with Gasteiger partial charge in [0, 0.05) is 6.04 Å². The lowest BCUT2D eigenvalue weighted by Gasteiger charge is -2.13. The molecule has 2 rings (SSSR count). The molecule has 1 atom stereocenters. The molecule has 0 aromatic heterocycles. The van der Waals surface area contributed by atoms with Crippen molar-refractivity contribution in [3.63, 3.8) is 0 Å². The minimum atomic E-state index is -0.389. The monoisotopic (exact) mass is 313 g/mol. The van der Waals surface area contributed by atoms with Gasteiger partial charge in [0.15, 0.2) is 6.61 Å². The van der Waals surface area contributed by atoms with E-state index in [4.69, 9.17) is 4.74 Å². The molecule has 0 saturated heterocycles. The summed E-state index contributed by atoms with van der Waals surface area (Å²) in [5.74, 6) is -0.642. The number of hydrogen-bond donors (Lipinski definition) is 1. The van der Waals surface area contributed by atoms with Gasteiger partial charge >= 0.3 is 5.97 Å². The molecule has 2 aromatic rings. The van der Waals surface area contributed by atoms with Crippen LogP contribution < -0.4 is 5.32 Å². The second kappa shape index (κ2) is 8.32. The Morgan fingerprint density at radius 1 is 1.13 bits per heavy atom. The summed E-state index contributed by atoms with van der Waals surface area (Å²) in [4.78, 5) is 23.7. The Hall–Kier alpha value is -2.36. The van der Waals surface area contributed by atoms with Crippen molar-refractivity contribution < 1.29 is 14.3 Å². The van der Waals surface area contributed by atoms with Gasteiger partial charge in [0.2, 0.25) is 0 Å². The molecule has 23 heavy (non-hydrogen) atoms. The highest BCUT2D eigenvalue weighted by Crippen LogP contribution is 2.19. The summed E-state index contributed by atoms with van der Waals surface area (Å²) in [5.41, 5.74) is 0.910. The predicted molar refractivity (Wildman–Crippen MR) is 91.1 cm³/mol. The van der Waals surface area contributed by atoms with E-state index in [0.29, 0.717) is 0 Å². The van der Waals surface area contributed by atoms with Crippen molar-refractivity contribution >= 4 is 22.6 Å². The Balaban J connectivity index is 1.88.